The van der Waals surface area contributed by atoms with Crippen LogP contribution in [0.2, 0.25) is 0 Å². The largest absolute Gasteiger partial charge is 0.352 e. The van der Waals surface area contributed by atoms with Crippen molar-refractivity contribution in [1.29, 1.82) is 0 Å². The summed E-state index contributed by atoms with van der Waals surface area (Å²) < 4.78 is 0. The maximum absolute atomic E-state index is 12.2. The van der Waals surface area contributed by atoms with Gasteiger partial charge in [-0.1, -0.05) is 30.3 Å². The molecule has 1 aliphatic heterocycles. The third kappa shape index (κ3) is 4.41. The van der Waals surface area contributed by atoms with Crippen molar-refractivity contribution in [2.45, 2.75) is 44.8 Å². The fourth-order valence-electron chi connectivity index (χ4n) is 3.28. The Hall–Kier alpha value is -2.21. The molecule has 6 heteroatoms. The molecule has 0 bridgehead atoms. The van der Waals surface area contributed by atoms with Crippen molar-refractivity contribution in [3.63, 3.8) is 0 Å². The molecule has 24 heavy (non-hydrogen) atoms. The number of aromatic nitrogens is 3. The second kappa shape index (κ2) is 7.57. The van der Waals surface area contributed by atoms with Crippen LogP contribution in [0.3, 0.4) is 0 Å². The first kappa shape index (κ1) is 16.6. The molecule has 0 aliphatic carbocycles. The Kier molecular flexibility index (Phi) is 5.25. The van der Waals surface area contributed by atoms with Crippen LogP contribution >= 0.6 is 0 Å². The number of carbonyl (C=O) groups excluding carboxylic acids is 1. The van der Waals surface area contributed by atoms with E-state index in [9.17, 15) is 4.79 Å². The SMILES string of the molecule is CC1CC(NC(=O)CCc2cnn(C)n2)CN1Cc1ccccc1. The lowest BCUT2D eigenvalue weighted by atomic mass is 10.1. The van der Waals surface area contributed by atoms with Gasteiger partial charge in [0.05, 0.1) is 11.9 Å². The van der Waals surface area contributed by atoms with Gasteiger partial charge in [0.15, 0.2) is 0 Å². The van der Waals surface area contributed by atoms with E-state index in [4.69, 9.17) is 0 Å². The fourth-order valence-corrected chi connectivity index (χ4v) is 3.28. The van der Waals surface area contributed by atoms with E-state index in [-0.39, 0.29) is 11.9 Å². The van der Waals surface area contributed by atoms with Gasteiger partial charge >= 0.3 is 0 Å². The molecule has 0 saturated carbocycles. The molecule has 1 aliphatic rings. The second-order valence-corrected chi connectivity index (χ2v) is 6.59. The Morgan fingerprint density at radius 2 is 2.12 bits per heavy atom. The molecule has 6 nitrogen and oxygen atoms in total. The smallest absolute Gasteiger partial charge is 0.220 e. The minimum atomic E-state index is 0.0967. The van der Waals surface area contributed by atoms with Gasteiger partial charge in [-0.05, 0) is 18.9 Å². The van der Waals surface area contributed by atoms with Crippen molar-refractivity contribution in [3.05, 3.63) is 47.8 Å². The number of hydrogen-bond acceptors (Lipinski definition) is 4. The van der Waals surface area contributed by atoms with Gasteiger partial charge < -0.3 is 5.32 Å². The number of likely N-dealkylation sites (tertiary alicyclic amines) is 1. The average molecular weight is 327 g/mol. The van der Waals surface area contributed by atoms with Gasteiger partial charge in [0.2, 0.25) is 5.91 Å². The Labute approximate surface area is 142 Å². The third-order valence-corrected chi connectivity index (χ3v) is 4.55. The lowest BCUT2D eigenvalue weighted by molar-refractivity contribution is -0.121. The summed E-state index contributed by atoms with van der Waals surface area (Å²) in [7, 11) is 1.78. The molecular formula is C18H25N5O. The molecule has 128 valence electrons. The molecule has 3 rings (SSSR count). The summed E-state index contributed by atoms with van der Waals surface area (Å²) in [5.74, 6) is 0.0967. The summed E-state index contributed by atoms with van der Waals surface area (Å²) in [5.41, 5.74) is 2.18. The third-order valence-electron chi connectivity index (χ3n) is 4.55. The van der Waals surface area contributed by atoms with Crippen molar-refractivity contribution >= 4 is 5.91 Å². The minimum absolute atomic E-state index is 0.0967. The van der Waals surface area contributed by atoms with Crippen LogP contribution in [0.5, 0.6) is 0 Å². The predicted molar refractivity (Wildman–Crippen MR) is 92.2 cm³/mol. The molecule has 0 spiro atoms. The Bertz CT molecular complexity index is 669. The lowest BCUT2D eigenvalue weighted by Crippen LogP contribution is -2.37. The highest BCUT2D eigenvalue weighted by molar-refractivity contribution is 5.76. The van der Waals surface area contributed by atoms with E-state index in [1.165, 1.54) is 10.4 Å². The first-order valence-electron chi connectivity index (χ1n) is 8.52. The zero-order valence-electron chi connectivity index (χ0n) is 14.4. The van der Waals surface area contributed by atoms with Gasteiger partial charge in [-0.25, -0.2) is 0 Å². The van der Waals surface area contributed by atoms with E-state index in [0.29, 0.717) is 18.9 Å². The molecule has 1 fully saturated rings. The molecule has 2 aromatic rings. The first-order chi connectivity index (χ1) is 11.6. The topological polar surface area (TPSA) is 63.1 Å². The van der Waals surface area contributed by atoms with Crippen LogP contribution in [0.4, 0.5) is 0 Å². The zero-order valence-corrected chi connectivity index (χ0v) is 14.4. The zero-order chi connectivity index (χ0) is 16.9. The maximum atomic E-state index is 12.2. The number of nitrogens with zero attached hydrogens (tertiary/aromatic N) is 4. The van der Waals surface area contributed by atoms with Gasteiger partial charge in [-0.2, -0.15) is 15.0 Å². The number of amides is 1. The molecule has 0 radical (unpaired) electrons. The highest BCUT2D eigenvalue weighted by Crippen LogP contribution is 2.20. The highest BCUT2D eigenvalue weighted by atomic mass is 16.1. The molecule has 1 aromatic heterocycles. The number of hydrogen-bond donors (Lipinski definition) is 1. The molecular weight excluding hydrogens is 302 g/mol. The van der Waals surface area contributed by atoms with Crippen molar-refractivity contribution in [1.82, 2.24) is 25.2 Å². The number of aryl methyl sites for hydroxylation is 2. The summed E-state index contributed by atoms with van der Waals surface area (Å²) in [6.45, 7) is 4.08. The van der Waals surface area contributed by atoms with E-state index in [1.54, 1.807) is 13.2 Å². The highest BCUT2D eigenvalue weighted by Gasteiger charge is 2.29. The summed E-state index contributed by atoms with van der Waals surface area (Å²) in [6.07, 6.45) is 3.81. The maximum Gasteiger partial charge on any atom is 0.220 e. The van der Waals surface area contributed by atoms with Gasteiger partial charge in [0.1, 0.15) is 0 Å². The standard InChI is InChI=1S/C18H25N5O/c1-14-10-17(13-23(14)12-15-6-4-3-5-7-15)20-18(24)9-8-16-11-19-22(2)21-16/h3-7,11,14,17H,8-10,12-13H2,1-2H3,(H,20,24). The number of nitrogens with one attached hydrogen (secondary N) is 1. The van der Waals surface area contributed by atoms with Crippen LogP contribution < -0.4 is 5.32 Å². The first-order valence-corrected chi connectivity index (χ1v) is 8.52. The Balaban J connectivity index is 1.45. The van der Waals surface area contributed by atoms with Crippen LogP contribution in [0.1, 0.15) is 31.0 Å². The minimum Gasteiger partial charge on any atom is -0.352 e. The molecule has 2 heterocycles. The number of rotatable bonds is 6. The average Bonchev–Trinajstić information content (AvgIpc) is 3.12. The Morgan fingerprint density at radius 1 is 1.33 bits per heavy atom. The van der Waals surface area contributed by atoms with E-state index < -0.39 is 0 Å². The van der Waals surface area contributed by atoms with Crippen LogP contribution in [0.15, 0.2) is 36.5 Å². The van der Waals surface area contributed by atoms with Gasteiger partial charge in [-0.15, -0.1) is 0 Å². The van der Waals surface area contributed by atoms with E-state index >= 15 is 0 Å². The molecule has 1 aromatic carbocycles. The van der Waals surface area contributed by atoms with Crippen molar-refractivity contribution < 1.29 is 4.79 Å². The lowest BCUT2D eigenvalue weighted by Gasteiger charge is -2.20. The summed E-state index contributed by atoms with van der Waals surface area (Å²) in [4.78, 5) is 16.1. The number of carbonyl (C=O) groups is 1. The predicted octanol–water partition coefficient (Wildman–Crippen LogP) is 1.53. The number of benzene rings is 1. The quantitative estimate of drug-likeness (QED) is 0.874. The van der Waals surface area contributed by atoms with Crippen molar-refractivity contribution in [3.8, 4) is 0 Å². The van der Waals surface area contributed by atoms with Gasteiger partial charge in [0, 0.05) is 45.1 Å². The molecule has 2 atom stereocenters. The summed E-state index contributed by atoms with van der Waals surface area (Å²) in [5, 5.41) is 11.4. The summed E-state index contributed by atoms with van der Waals surface area (Å²) >= 11 is 0. The van der Waals surface area contributed by atoms with Crippen molar-refractivity contribution in [2.24, 2.45) is 7.05 Å². The monoisotopic (exact) mass is 327 g/mol. The Morgan fingerprint density at radius 3 is 2.83 bits per heavy atom. The summed E-state index contributed by atoms with van der Waals surface area (Å²) in [6, 6.07) is 11.2. The fraction of sp³-hybridized carbons (Fsp3) is 0.500. The molecule has 1 saturated heterocycles. The van der Waals surface area contributed by atoms with E-state index in [2.05, 4.69) is 51.6 Å². The molecule has 2 unspecified atom stereocenters. The van der Waals surface area contributed by atoms with Crippen LogP contribution in [0, 0.1) is 0 Å². The van der Waals surface area contributed by atoms with E-state index in [1.807, 2.05) is 6.07 Å². The van der Waals surface area contributed by atoms with E-state index in [0.717, 1.165) is 25.2 Å². The normalized spacial score (nSPS) is 21.1. The van der Waals surface area contributed by atoms with Crippen LogP contribution in [-0.4, -0.2) is 44.4 Å². The van der Waals surface area contributed by atoms with Crippen LogP contribution in [0.25, 0.3) is 0 Å². The van der Waals surface area contributed by atoms with Gasteiger partial charge in [-0.3, -0.25) is 9.69 Å². The van der Waals surface area contributed by atoms with Crippen LogP contribution in [-0.2, 0) is 24.8 Å². The molecule has 1 N–H and O–H groups in total. The van der Waals surface area contributed by atoms with Gasteiger partial charge in [0.25, 0.3) is 0 Å². The second-order valence-electron chi connectivity index (χ2n) is 6.59. The van der Waals surface area contributed by atoms with Crippen molar-refractivity contribution in [2.75, 3.05) is 6.54 Å². The molecule has 1 amide bonds.